The van der Waals surface area contributed by atoms with Crippen molar-refractivity contribution in [1.29, 1.82) is 0 Å². The molecule has 0 aliphatic heterocycles. The van der Waals surface area contributed by atoms with Crippen LogP contribution in [0.15, 0.2) is 4.90 Å². The third kappa shape index (κ3) is 2.89. The molecule has 2 atom stereocenters. The van der Waals surface area contributed by atoms with E-state index in [2.05, 4.69) is 5.32 Å². The van der Waals surface area contributed by atoms with E-state index in [0.29, 0.717) is 10.6 Å². The lowest BCUT2D eigenvalue weighted by Crippen LogP contribution is -2.29. The van der Waals surface area contributed by atoms with Crippen LogP contribution >= 0.6 is 23.1 Å². The number of nitrogens with one attached hydrogen (secondary N) is 1. The number of anilines is 2. The number of carbonyl (C=O) groups is 1. The van der Waals surface area contributed by atoms with Gasteiger partial charge in [0, 0.05) is 7.11 Å². The average Bonchev–Trinajstić information content (AvgIpc) is 3.02. The summed E-state index contributed by atoms with van der Waals surface area (Å²) in [5.41, 5.74) is 6.55. The number of thioether (sulfide) groups is 1. The maximum atomic E-state index is 11.7. The number of nitrogen functional groups attached to an aromatic ring is 1. The molecule has 0 bridgehead atoms. The molecule has 0 spiro atoms. The first kappa shape index (κ1) is 15.5. The first-order valence-electron chi connectivity index (χ1n) is 6.46. The topological polar surface area (TPSA) is 73.6 Å². The van der Waals surface area contributed by atoms with Crippen LogP contribution < -0.4 is 11.1 Å². The van der Waals surface area contributed by atoms with Gasteiger partial charge in [-0.05, 0) is 25.5 Å². The molecule has 2 unspecified atom stereocenters. The molecule has 0 radical (unpaired) electrons. The Kier molecular flexibility index (Phi) is 5.17. The Bertz CT molecular complexity index is 490. The van der Waals surface area contributed by atoms with E-state index in [1.54, 1.807) is 7.11 Å². The van der Waals surface area contributed by atoms with Gasteiger partial charge in [0.15, 0.2) is 0 Å². The standard InChI is InChI=1S/C13H20N2O3S2/c1-17-8-6-4-5-7(8)15-12-10(19-3)9(14)11(20-12)13(16)18-2/h7-8,15H,4-6,14H2,1-3H3. The Morgan fingerprint density at radius 3 is 2.80 bits per heavy atom. The Morgan fingerprint density at radius 2 is 2.20 bits per heavy atom. The molecule has 20 heavy (non-hydrogen) atoms. The minimum atomic E-state index is -0.384. The summed E-state index contributed by atoms with van der Waals surface area (Å²) in [4.78, 5) is 13.1. The van der Waals surface area contributed by atoms with Crippen molar-refractivity contribution in [3.05, 3.63) is 4.88 Å². The molecule has 1 heterocycles. The van der Waals surface area contributed by atoms with Gasteiger partial charge < -0.3 is 20.5 Å². The van der Waals surface area contributed by atoms with Gasteiger partial charge in [0.25, 0.3) is 0 Å². The van der Waals surface area contributed by atoms with Gasteiger partial charge in [-0.3, -0.25) is 0 Å². The molecule has 112 valence electrons. The van der Waals surface area contributed by atoms with Crippen molar-refractivity contribution in [2.45, 2.75) is 36.3 Å². The van der Waals surface area contributed by atoms with Crippen molar-refractivity contribution >= 4 is 39.8 Å². The fourth-order valence-electron chi connectivity index (χ4n) is 2.51. The van der Waals surface area contributed by atoms with Crippen LogP contribution in [0.4, 0.5) is 10.7 Å². The van der Waals surface area contributed by atoms with E-state index in [1.165, 1.54) is 30.2 Å². The first-order valence-corrected chi connectivity index (χ1v) is 8.50. The van der Waals surface area contributed by atoms with Crippen molar-refractivity contribution in [3.63, 3.8) is 0 Å². The van der Waals surface area contributed by atoms with E-state index < -0.39 is 0 Å². The fourth-order valence-corrected chi connectivity index (χ4v) is 4.51. The summed E-state index contributed by atoms with van der Waals surface area (Å²) in [5, 5.41) is 4.42. The highest BCUT2D eigenvalue weighted by atomic mass is 32.2. The second-order valence-corrected chi connectivity index (χ2v) is 6.49. The monoisotopic (exact) mass is 316 g/mol. The van der Waals surface area contributed by atoms with E-state index >= 15 is 0 Å². The summed E-state index contributed by atoms with van der Waals surface area (Å²) in [5.74, 6) is -0.384. The van der Waals surface area contributed by atoms with E-state index in [4.69, 9.17) is 15.2 Å². The maximum absolute atomic E-state index is 11.7. The molecule has 7 heteroatoms. The lowest BCUT2D eigenvalue weighted by Gasteiger charge is -2.20. The summed E-state index contributed by atoms with van der Waals surface area (Å²) < 4.78 is 10.3. The van der Waals surface area contributed by atoms with Crippen LogP contribution in [-0.4, -0.2) is 38.6 Å². The van der Waals surface area contributed by atoms with Gasteiger partial charge in [-0.2, -0.15) is 0 Å². The van der Waals surface area contributed by atoms with Crippen LogP contribution in [0.25, 0.3) is 0 Å². The predicted molar refractivity (Wildman–Crippen MR) is 83.9 cm³/mol. The number of hydrogen-bond donors (Lipinski definition) is 2. The molecule has 1 aromatic rings. The largest absolute Gasteiger partial charge is 0.465 e. The van der Waals surface area contributed by atoms with Crippen LogP contribution in [0.5, 0.6) is 0 Å². The number of hydrogen-bond acceptors (Lipinski definition) is 7. The number of rotatable bonds is 5. The molecule has 1 fully saturated rings. The Labute approximate surface area is 127 Å². The second-order valence-electron chi connectivity index (χ2n) is 4.65. The third-order valence-electron chi connectivity index (χ3n) is 3.55. The van der Waals surface area contributed by atoms with Gasteiger partial charge in [-0.1, -0.05) is 0 Å². The highest BCUT2D eigenvalue weighted by molar-refractivity contribution is 7.99. The van der Waals surface area contributed by atoms with E-state index in [0.717, 1.165) is 29.2 Å². The molecule has 2 rings (SSSR count). The number of thiophene rings is 1. The Morgan fingerprint density at radius 1 is 1.45 bits per heavy atom. The Balaban J connectivity index is 2.25. The van der Waals surface area contributed by atoms with Crippen LogP contribution in [0.1, 0.15) is 28.9 Å². The zero-order valence-electron chi connectivity index (χ0n) is 11.9. The van der Waals surface area contributed by atoms with Crippen molar-refractivity contribution in [1.82, 2.24) is 0 Å². The average molecular weight is 316 g/mol. The Hall–Kier alpha value is -0.920. The van der Waals surface area contributed by atoms with Crippen LogP contribution in [0.2, 0.25) is 0 Å². The van der Waals surface area contributed by atoms with Crippen molar-refractivity contribution in [2.75, 3.05) is 31.5 Å². The van der Waals surface area contributed by atoms with Crippen LogP contribution in [-0.2, 0) is 9.47 Å². The lowest BCUT2D eigenvalue weighted by atomic mass is 10.2. The molecule has 1 saturated carbocycles. The number of nitrogens with two attached hydrogens (primary N) is 1. The van der Waals surface area contributed by atoms with Gasteiger partial charge in [0.05, 0.1) is 29.8 Å². The second kappa shape index (κ2) is 6.69. The summed E-state index contributed by atoms with van der Waals surface area (Å²) in [6.07, 6.45) is 5.45. The minimum absolute atomic E-state index is 0.217. The molecule has 0 saturated heterocycles. The normalized spacial score (nSPS) is 21.9. The molecular formula is C13H20N2O3S2. The molecule has 1 aliphatic carbocycles. The van der Waals surface area contributed by atoms with Gasteiger partial charge in [0.2, 0.25) is 0 Å². The zero-order chi connectivity index (χ0) is 14.7. The summed E-state index contributed by atoms with van der Waals surface area (Å²) in [7, 11) is 3.11. The van der Waals surface area contributed by atoms with Crippen LogP contribution in [0, 0.1) is 0 Å². The number of carbonyl (C=O) groups excluding carboxylic acids is 1. The number of ether oxygens (including phenoxy) is 2. The molecular weight excluding hydrogens is 296 g/mol. The molecule has 0 amide bonds. The van der Waals surface area contributed by atoms with Gasteiger partial charge in [0.1, 0.15) is 9.88 Å². The SMILES string of the molecule is COC(=O)c1sc(NC2CCCC2OC)c(SC)c1N. The fraction of sp³-hybridized carbons (Fsp3) is 0.615. The van der Waals surface area contributed by atoms with Crippen molar-refractivity contribution in [2.24, 2.45) is 0 Å². The highest BCUT2D eigenvalue weighted by Crippen LogP contribution is 2.43. The summed E-state index contributed by atoms with van der Waals surface area (Å²) >= 11 is 2.89. The highest BCUT2D eigenvalue weighted by Gasteiger charge is 2.29. The van der Waals surface area contributed by atoms with Gasteiger partial charge in [-0.15, -0.1) is 23.1 Å². The number of esters is 1. The number of methoxy groups -OCH3 is 2. The molecule has 1 aliphatic rings. The van der Waals surface area contributed by atoms with Crippen molar-refractivity contribution in [3.8, 4) is 0 Å². The molecule has 0 aromatic carbocycles. The quantitative estimate of drug-likeness (QED) is 0.643. The molecule has 1 aromatic heterocycles. The van der Waals surface area contributed by atoms with Crippen molar-refractivity contribution < 1.29 is 14.3 Å². The zero-order valence-corrected chi connectivity index (χ0v) is 13.5. The first-order chi connectivity index (χ1) is 9.62. The van der Waals surface area contributed by atoms with E-state index in [9.17, 15) is 4.79 Å². The summed E-state index contributed by atoms with van der Waals surface area (Å²) in [6.45, 7) is 0. The van der Waals surface area contributed by atoms with E-state index in [1.807, 2.05) is 6.26 Å². The smallest absolute Gasteiger partial charge is 0.350 e. The molecule has 5 nitrogen and oxygen atoms in total. The predicted octanol–water partition coefficient (Wildman–Crippen LogP) is 2.82. The molecule has 3 N–H and O–H groups in total. The lowest BCUT2D eigenvalue weighted by molar-refractivity contribution is 0.0607. The minimum Gasteiger partial charge on any atom is -0.465 e. The van der Waals surface area contributed by atoms with E-state index in [-0.39, 0.29) is 18.1 Å². The van der Waals surface area contributed by atoms with Gasteiger partial charge >= 0.3 is 5.97 Å². The summed E-state index contributed by atoms with van der Waals surface area (Å²) in [6, 6.07) is 0.273. The van der Waals surface area contributed by atoms with Crippen LogP contribution in [0.3, 0.4) is 0 Å². The van der Waals surface area contributed by atoms with Gasteiger partial charge in [-0.25, -0.2) is 4.79 Å². The third-order valence-corrected chi connectivity index (χ3v) is 5.62. The maximum Gasteiger partial charge on any atom is 0.350 e.